The number of aromatic nitrogens is 2. The molecule has 0 amide bonds. The molecule has 2 aromatic heterocycles. The summed E-state index contributed by atoms with van der Waals surface area (Å²) in [7, 11) is -2.34. The van der Waals surface area contributed by atoms with Crippen molar-refractivity contribution in [3.63, 3.8) is 0 Å². The van der Waals surface area contributed by atoms with Crippen molar-refractivity contribution >= 4 is 27.0 Å². The molecule has 0 radical (unpaired) electrons. The fourth-order valence-corrected chi connectivity index (χ4v) is 3.70. The molecule has 1 aromatic carbocycles. The number of aryl methyl sites for hydroxylation is 1. The number of rotatable bonds is 7. The largest absolute Gasteiger partial charge is 0.465 e. The van der Waals surface area contributed by atoms with E-state index in [2.05, 4.69) is 14.4 Å². The summed E-state index contributed by atoms with van der Waals surface area (Å²) in [5.41, 5.74) is 1.19. The molecule has 3 aromatic rings. The fraction of sp³-hybridized carbons (Fsp3) is 0.222. The molecule has 2 heterocycles. The molecule has 7 nitrogen and oxygen atoms in total. The van der Waals surface area contributed by atoms with Crippen molar-refractivity contribution in [3.8, 4) is 0 Å². The highest BCUT2D eigenvalue weighted by molar-refractivity contribution is 7.89. The van der Waals surface area contributed by atoms with Gasteiger partial charge in [0.05, 0.1) is 17.6 Å². The van der Waals surface area contributed by atoms with Gasteiger partial charge in [0.1, 0.15) is 5.65 Å². The fourth-order valence-electron chi connectivity index (χ4n) is 2.63. The van der Waals surface area contributed by atoms with Gasteiger partial charge in [-0.25, -0.2) is 22.9 Å². The second-order valence-electron chi connectivity index (χ2n) is 5.69. The van der Waals surface area contributed by atoms with Crippen LogP contribution < -0.4 is 4.72 Å². The number of carbonyl (C=O) groups is 1. The third kappa shape index (κ3) is 3.92. The Morgan fingerprint density at radius 2 is 1.96 bits per heavy atom. The summed E-state index contributed by atoms with van der Waals surface area (Å²) in [5, 5.41) is 1.05. The lowest BCUT2D eigenvalue weighted by Gasteiger charge is -2.08. The first-order chi connectivity index (χ1) is 12.5. The minimum Gasteiger partial charge on any atom is -0.465 e. The van der Waals surface area contributed by atoms with Gasteiger partial charge >= 0.3 is 5.97 Å². The van der Waals surface area contributed by atoms with Crippen molar-refractivity contribution in [3.05, 3.63) is 60.4 Å². The Morgan fingerprint density at radius 3 is 2.69 bits per heavy atom. The van der Waals surface area contributed by atoms with E-state index in [1.54, 1.807) is 6.20 Å². The highest BCUT2D eigenvalue weighted by Crippen LogP contribution is 2.13. The number of sulfonamides is 1. The Bertz CT molecular complexity index is 1010. The van der Waals surface area contributed by atoms with Gasteiger partial charge in [0.2, 0.25) is 10.0 Å². The number of fused-ring (bicyclic) bond motifs is 1. The van der Waals surface area contributed by atoms with Crippen molar-refractivity contribution in [2.75, 3.05) is 13.7 Å². The van der Waals surface area contributed by atoms with E-state index in [0.717, 1.165) is 11.0 Å². The van der Waals surface area contributed by atoms with Crippen molar-refractivity contribution < 1.29 is 17.9 Å². The summed E-state index contributed by atoms with van der Waals surface area (Å²) in [4.78, 5) is 15.8. The topological polar surface area (TPSA) is 90.3 Å². The van der Waals surface area contributed by atoms with Gasteiger partial charge < -0.3 is 9.30 Å². The summed E-state index contributed by atoms with van der Waals surface area (Å²) < 4.78 is 33.8. The van der Waals surface area contributed by atoms with Crippen molar-refractivity contribution in [2.45, 2.75) is 17.9 Å². The number of hydrogen-bond acceptors (Lipinski definition) is 5. The zero-order chi connectivity index (χ0) is 18.6. The lowest BCUT2D eigenvalue weighted by atomic mass is 10.2. The van der Waals surface area contributed by atoms with Crippen LogP contribution in [0, 0.1) is 0 Å². The molecule has 0 atom stereocenters. The van der Waals surface area contributed by atoms with Crippen molar-refractivity contribution in [1.29, 1.82) is 0 Å². The second kappa shape index (κ2) is 7.67. The van der Waals surface area contributed by atoms with E-state index in [-0.39, 0.29) is 4.90 Å². The number of benzene rings is 1. The van der Waals surface area contributed by atoms with Gasteiger partial charge in [0, 0.05) is 30.9 Å². The zero-order valence-electron chi connectivity index (χ0n) is 14.3. The molecule has 0 aliphatic rings. The first-order valence-corrected chi connectivity index (χ1v) is 9.57. The third-order valence-electron chi connectivity index (χ3n) is 3.98. The number of carbonyl (C=O) groups excluding carboxylic acids is 1. The summed E-state index contributed by atoms with van der Waals surface area (Å²) in [6.45, 7) is 0.956. The Balaban J connectivity index is 1.57. The molecule has 0 fully saturated rings. The van der Waals surface area contributed by atoms with Crippen LogP contribution in [0.2, 0.25) is 0 Å². The summed E-state index contributed by atoms with van der Waals surface area (Å²) in [6.07, 6.45) is 4.30. The highest BCUT2D eigenvalue weighted by Gasteiger charge is 2.14. The van der Waals surface area contributed by atoms with Crippen molar-refractivity contribution in [2.24, 2.45) is 0 Å². The van der Waals surface area contributed by atoms with E-state index in [4.69, 9.17) is 0 Å². The van der Waals surface area contributed by atoms with E-state index in [1.807, 2.05) is 29.0 Å². The van der Waals surface area contributed by atoms with Gasteiger partial charge in [-0.15, -0.1) is 0 Å². The van der Waals surface area contributed by atoms with E-state index >= 15 is 0 Å². The molecule has 0 bridgehead atoms. The Hall–Kier alpha value is -2.71. The minimum absolute atomic E-state index is 0.109. The summed E-state index contributed by atoms with van der Waals surface area (Å²) in [6, 6.07) is 11.5. The van der Waals surface area contributed by atoms with Crippen LogP contribution in [0.15, 0.2) is 59.8 Å². The van der Waals surface area contributed by atoms with E-state index in [9.17, 15) is 13.2 Å². The molecule has 0 aliphatic carbocycles. The highest BCUT2D eigenvalue weighted by atomic mass is 32.2. The Labute approximate surface area is 151 Å². The third-order valence-corrected chi connectivity index (χ3v) is 5.45. The van der Waals surface area contributed by atoms with E-state index in [1.165, 1.54) is 31.4 Å². The molecular weight excluding hydrogens is 354 g/mol. The number of pyridine rings is 1. The van der Waals surface area contributed by atoms with Crippen molar-refractivity contribution in [1.82, 2.24) is 14.3 Å². The summed E-state index contributed by atoms with van der Waals surface area (Å²) in [5.74, 6) is -0.505. The molecule has 1 N–H and O–H groups in total. The van der Waals surface area contributed by atoms with Crippen LogP contribution in [-0.2, 0) is 21.3 Å². The van der Waals surface area contributed by atoms with E-state index in [0.29, 0.717) is 25.1 Å². The van der Waals surface area contributed by atoms with Gasteiger partial charge in [-0.05, 0) is 48.9 Å². The number of nitrogens with one attached hydrogen (secondary N) is 1. The Morgan fingerprint density at radius 1 is 1.19 bits per heavy atom. The molecule has 26 heavy (non-hydrogen) atoms. The molecule has 0 saturated heterocycles. The van der Waals surface area contributed by atoms with Crippen LogP contribution >= 0.6 is 0 Å². The standard InChI is InChI=1S/C18H19N3O4S/c1-25-18(22)15-5-7-16(8-6-15)26(23,24)20-11-3-12-21-13-9-14-4-2-10-19-17(14)21/h2,4-10,13,20H,3,11-12H2,1H3. The van der Waals surface area contributed by atoms with Gasteiger partial charge in [0.25, 0.3) is 0 Å². The van der Waals surface area contributed by atoms with Crippen LogP contribution in [-0.4, -0.2) is 37.6 Å². The molecule has 8 heteroatoms. The lowest BCUT2D eigenvalue weighted by molar-refractivity contribution is 0.0600. The van der Waals surface area contributed by atoms with E-state index < -0.39 is 16.0 Å². The van der Waals surface area contributed by atoms with Crippen LogP contribution in [0.3, 0.4) is 0 Å². The normalized spacial score (nSPS) is 11.6. The lowest BCUT2D eigenvalue weighted by Crippen LogP contribution is -2.25. The average molecular weight is 373 g/mol. The number of esters is 1. The Kier molecular flexibility index (Phi) is 5.34. The monoisotopic (exact) mass is 373 g/mol. The van der Waals surface area contributed by atoms with Gasteiger partial charge in [-0.2, -0.15) is 0 Å². The molecule has 0 spiro atoms. The van der Waals surface area contributed by atoms with Gasteiger partial charge in [-0.1, -0.05) is 0 Å². The van der Waals surface area contributed by atoms with Crippen LogP contribution in [0.25, 0.3) is 11.0 Å². The average Bonchev–Trinajstić information content (AvgIpc) is 3.08. The number of hydrogen-bond donors (Lipinski definition) is 1. The maximum atomic E-state index is 12.3. The zero-order valence-corrected chi connectivity index (χ0v) is 15.1. The number of ether oxygens (including phenoxy) is 1. The van der Waals surface area contributed by atoms with Gasteiger partial charge in [0.15, 0.2) is 0 Å². The molecular formula is C18H19N3O4S. The first kappa shape index (κ1) is 18.1. The predicted molar refractivity (Wildman–Crippen MR) is 97.3 cm³/mol. The van der Waals surface area contributed by atoms with Crippen LogP contribution in [0.4, 0.5) is 0 Å². The predicted octanol–water partition coefficient (Wildman–Crippen LogP) is 2.19. The minimum atomic E-state index is -3.62. The molecule has 0 unspecified atom stereocenters. The number of nitrogens with zero attached hydrogens (tertiary/aromatic N) is 2. The molecule has 0 aliphatic heterocycles. The maximum Gasteiger partial charge on any atom is 0.337 e. The summed E-state index contributed by atoms with van der Waals surface area (Å²) >= 11 is 0. The maximum absolute atomic E-state index is 12.3. The quantitative estimate of drug-likeness (QED) is 0.506. The van der Waals surface area contributed by atoms with Gasteiger partial charge in [-0.3, -0.25) is 0 Å². The number of methoxy groups -OCH3 is 1. The molecule has 136 valence electrons. The smallest absolute Gasteiger partial charge is 0.337 e. The van der Waals surface area contributed by atoms with Crippen LogP contribution in [0.1, 0.15) is 16.8 Å². The molecule has 0 saturated carbocycles. The second-order valence-corrected chi connectivity index (χ2v) is 7.46. The first-order valence-electron chi connectivity index (χ1n) is 8.09. The van der Waals surface area contributed by atoms with Crippen LogP contribution in [0.5, 0.6) is 0 Å². The SMILES string of the molecule is COC(=O)c1ccc(S(=O)(=O)NCCCn2ccc3cccnc32)cc1. The molecule has 3 rings (SSSR count).